The van der Waals surface area contributed by atoms with Crippen LogP contribution in [-0.2, 0) is 9.59 Å². The topological polar surface area (TPSA) is 90.5 Å². The standard InChI is InChI=1S/C19H22N4O3S/c1-13(24)20-15-6-8-16(9-7-15)21-18(25)14-4-2-10-23(12-14)19(26)22-17-5-3-11-27-17/h3,5-9,11,14H,2,4,10,12H2,1H3,(H,20,24)(H,21,25)(H,22,26). The molecule has 3 N–H and O–H groups in total. The molecular formula is C19H22N4O3S. The normalized spacial score (nSPS) is 16.5. The van der Waals surface area contributed by atoms with E-state index in [2.05, 4.69) is 16.0 Å². The lowest BCUT2D eigenvalue weighted by Crippen LogP contribution is -2.45. The van der Waals surface area contributed by atoms with Crippen LogP contribution in [0.5, 0.6) is 0 Å². The highest BCUT2D eigenvalue weighted by atomic mass is 32.1. The van der Waals surface area contributed by atoms with Crippen molar-refractivity contribution in [3.05, 3.63) is 41.8 Å². The zero-order valence-corrected chi connectivity index (χ0v) is 15.8. The number of urea groups is 1. The first-order valence-corrected chi connectivity index (χ1v) is 9.67. The fourth-order valence-electron chi connectivity index (χ4n) is 2.99. The number of likely N-dealkylation sites (tertiary alicyclic amines) is 1. The molecule has 1 aromatic heterocycles. The van der Waals surface area contributed by atoms with E-state index in [1.54, 1.807) is 29.2 Å². The van der Waals surface area contributed by atoms with E-state index < -0.39 is 0 Å². The zero-order chi connectivity index (χ0) is 19.2. The van der Waals surface area contributed by atoms with Gasteiger partial charge in [-0.3, -0.25) is 14.9 Å². The molecule has 0 spiro atoms. The van der Waals surface area contributed by atoms with Crippen molar-refractivity contribution in [1.29, 1.82) is 0 Å². The minimum absolute atomic E-state index is 0.101. The van der Waals surface area contributed by atoms with Crippen molar-refractivity contribution in [2.45, 2.75) is 19.8 Å². The summed E-state index contributed by atoms with van der Waals surface area (Å²) in [4.78, 5) is 37.7. The van der Waals surface area contributed by atoms with E-state index in [1.807, 2.05) is 17.5 Å². The fourth-order valence-corrected chi connectivity index (χ4v) is 3.60. The average molecular weight is 386 g/mol. The molecule has 0 radical (unpaired) electrons. The lowest BCUT2D eigenvalue weighted by Gasteiger charge is -2.31. The molecule has 1 unspecified atom stereocenters. The number of nitrogens with one attached hydrogen (secondary N) is 3. The Hall–Kier alpha value is -2.87. The van der Waals surface area contributed by atoms with Gasteiger partial charge in [0.25, 0.3) is 0 Å². The average Bonchev–Trinajstić information content (AvgIpc) is 3.16. The van der Waals surface area contributed by atoms with Crippen molar-refractivity contribution in [2.24, 2.45) is 5.92 Å². The molecule has 8 heteroatoms. The van der Waals surface area contributed by atoms with Crippen LogP contribution in [-0.4, -0.2) is 35.8 Å². The molecule has 0 saturated carbocycles. The minimum atomic E-state index is -0.247. The number of anilines is 3. The maximum absolute atomic E-state index is 12.6. The van der Waals surface area contributed by atoms with Crippen LogP contribution in [0.15, 0.2) is 41.8 Å². The van der Waals surface area contributed by atoms with Gasteiger partial charge in [-0.15, -0.1) is 11.3 Å². The molecule has 0 bridgehead atoms. The number of nitrogens with zero attached hydrogens (tertiary/aromatic N) is 1. The fraction of sp³-hybridized carbons (Fsp3) is 0.316. The van der Waals surface area contributed by atoms with Crippen LogP contribution in [0.2, 0.25) is 0 Å². The first-order chi connectivity index (χ1) is 13.0. The van der Waals surface area contributed by atoms with Gasteiger partial charge < -0.3 is 15.5 Å². The Morgan fingerprint density at radius 2 is 1.74 bits per heavy atom. The molecule has 1 aromatic carbocycles. The van der Waals surface area contributed by atoms with Crippen LogP contribution in [0.1, 0.15) is 19.8 Å². The number of hydrogen-bond acceptors (Lipinski definition) is 4. The van der Waals surface area contributed by atoms with Gasteiger partial charge in [-0.2, -0.15) is 0 Å². The van der Waals surface area contributed by atoms with Gasteiger partial charge in [0.1, 0.15) is 0 Å². The Morgan fingerprint density at radius 1 is 1.04 bits per heavy atom. The third-order valence-corrected chi connectivity index (χ3v) is 5.09. The van der Waals surface area contributed by atoms with Crippen molar-refractivity contribution in [3.63, 3.8) is 0 Å². The quantitative estimate of drug-likeness (QED) is 0.750. The summed E-state index contributed by atoms with van der Waals surface area (Å²) in [5.41, 5.74) is 1.34. The molecule has 1 saturated heterocycles. The van der Waals surface area contributed by atoms with E-state index in [0.717, 1.165) is 17.8 Å². The maximum Gasteiger partial charge on any atom is 0.322 e. The van der Waals surface area contributed by atoms with Gasteiger partial charge in [-0.1, -0.05) is 0 Å². The van der Waals surface area contributed by atoms with Crippen LogP contribution in [0.25, 0.3) is 0 Å². The molecule has 7 nitrogen and oxygen atoms in total. The van der Waals surface area contributed by atoms with Crippen molar-refractivity contribution in [1.82, 2.24) is 4.90 Å². The molecule has 0 aliphatic carbocycles. The van der Waals surface area contributed by atoms with Gasteiger partial charge in [0, 0.05) is 31.4 Å². The molecule has 2 aromatic rings. The van der Waals surface area contributed by atoms with Gasteiger partial charge >= 0.3 is 6.03 Å². The van der Waals surface area contributed by atoms with Crippen LogP contribution >= 0.6 is 11.3 Å². The predicted octanol–water partition coefficient (Wildman–Crippen LogP) is 3.59. The summed E-state index contributed by atoms with van der Waals surface area (Å²) in [5.74, 6) is -0.492. The van der Waals surface area contributed by atoms with Gasteiger partial charge in [-0.05, 0) is 54.6 Å². The lowest BCUT2D eigenvalue weighted by molar-refractivity contribution is -0.121. The summed E-state index contributed by atoms with van der Waals surface area (Å²) in [5, 5.41) is 11.1. The second-order valence-corrected chi connectivity index (χ2v) is 7.39. The Morgan fingerprint density at radius 3 is 2.37 bits per heavy atom. The van der Waals surface area contributed by atoms with Crippen LogP contribution in [0, 0.1) is 5.92 Å². The van der Waals surface area contributed by atoms with Gasteiger partial charge in [0.2, 0.25) is 11.8 Å². The number of piperidine rings is 1. The largest absolute Gasteiger partial charge is 0.326 e. The van der Waals surface area contributed by atoms with E-state index in [1.165, 1.54) is 18.3 Å². The minimum Gasteiger partial charge on any atom is -0.326 e. The van der Waals surface area contributed by atoms with Crippen molar-refractivity contribution < 1.29 is 14.4 Å². The molecule has 4 amide bonds. The highest BCUT2D eigenvalue weighted by Crippen LogP contribution is 2.22. The number of carbonyl (C=O) groups excluding carboxylic acids is 3. The van der Waals surface area contributed by atoms with E-state index in [4.69, 9.17) is 0 Å². The number of amides is 4. The second kappa shape index (κ2) is 8.68. The lowest BCUT2D eigenvalue weighted by atomic mass is 9.97. The van der Waals surface area contributed by atoms with Crippen molar-refractivity contribution in [2.75, 3.05) is 29.0 Å². The summed E-state index contributed by atoms with van der Waals surface area (Å²) in [6.45, 7) is 2.48. The molecule has 1 atom stereocenters. The molecule has 2 heterocycles. The summed E-state index contributed by atoms with van der Waals surface area (Å²) >= 11 is 1.46. The summed E-state index contributed by atoms with van der Waals surface area (Å²) in [7, 11) is 0. The Labute approximate surface area is 161 Å². The van der Waals surface area contributed by atoms with Gasteiger partial charge in [0.05, 0.1) is 10.9 Å². The first-order valence-electron chi connectivity index (χ1n) is 8.79. The van der Waals surface area contributed by atoms with Crippen LogP contribution in [0.3, 0.4) is 0 Å². The van der Waals surface area contributed by atoms with Gasteiger partial charge in [0.15, 0.2) is 0 Å². The molecule has 3 rings (SSSR count). The zero-order valence-electron chi connectivity index (χ0n) is 15.0. The van der Waals surface area contributed by atoms with E-state index in [0.29, 0.717) is 24.5 Å². The summed E-state index contributed by atoms with van der Waals surface area (Å²) < 4.78 is 0. The summed E-state index contributed by atoms with van der Waals surface area (Å²) in [6.07, 6.45) is 1.54. The molecule has 142 valence electrons. The van der Waals surface area contributed by atoms with Crippen LogP contribution in [0.4, 0.5) is 21.2 Å². The molecule has 1 aliphatic rings. The van der Waals surface area contributed by atoms with Crippen molar-refractivity contribution >= 4 is 45.6 Å². The monoisotopic (exact) mass is 386 g/mol. The molecule has 1 aliphatic heterocycles. The van der Waals surface area contributed by atoms with Crippen LogP contribution < -0.4 is 16.0 Å². The Balaban J connectivity index is 1.54. The maximum atomic E-state index is 12.6. The van der Waals surface area contributed by atoms with Gasteiger partial charge in [-0.25, -0.2) is 4.79 Å². The smallest absolute Gasteiger partial charge is 0.322 e. The number of carbonyl (C=O) groups is 3. The summed E-state index contributed by atoms with van der Waals surface area (Å²) in [6, 6.07) is 10.5. The van der Waals surface area contributed by atoms with Crippen molar-refractivity contribution in [3.8, 4) is 0 Å². The number of thiophene rings is 1. The number of rotatable bonds is 4. The number of benzene rings is 1. The van der Waals surface area contributed by atoms with E-state index in [-0.39, 0.29) is 23.8 Å². The molecular weight excluding hydrogens is 364 g/mol. The molecule has 1 fully saturated rings. The third-order valence-electron chi connectivity index (χ3n) is 4.30. The second-order valence-electron chi connectivity index (χ2n) is 6.44. The SMILES string of the molecule is CC(=O)Nc1ccc(NC(=O)C2CCCN(C(=O)Nc3cccs3)C2)cc1. The predicted molar refractivity (Wildman–Crippen MR) is 107 cm³/mol. The third kappa shape index (κ3) is 5.30. The highest BCUT2D eigenvalue weighted by Gasteiger charge is 2.28. The molecule has 27 heavy (non-hydrogen) atoms. The Kier molecular flexibility index (Phi) is 6.08. The highest BCUT2D eigenvalue weighted by molar-refractivity contribution is 7.14. The van der Waals surface area contributed by atoms with E-state index >= 15 is 0 Å². The van der Waals surface area contributed by atoms with E-state index in [9.17, 15) is 14.4 Å². The Bertz CT molecular complexity index is 805. The first kappa shape index (κ1) is 18.9. The number of hydrogen-bond donors (Lipinski definition) is 3.